The molecule has 0 unspecified atom stereocenters. The highest BCUT2D eigenvalue weighted by molar-refractivity contribution is 5.94. The van der Waals surface area contributed by atoms with Gasteiger partial charge in [0.25, 0.3) is 5.91 Å². The van der Waals surface area contributed by atoms with Crippen LogP contribution in [0.25, 0.3) is 0 Å². The zero-order chi connectivity index (χ0) is 15.3. The van der Waals surface area contributed by atoms with Crippen molar-refractivity contribution >= 4 is 11.7 Å². The van der Waals surface area contributed by atoms with E-state index in [-0.39, 0.29) is 11.3 Å². The maximum atomic E-state index is 12.5. The molecule has 0 atom stereocenters. The summed E-state index contributed by atoms with van der Waals surface area (Å²) in [6.07, 6.45) is 1.03. The van der Waals surface area contributed by atoms with Gasteiger partial charge < -0.3 is 10.2 Å². The first-order chi connectivity index (χ1) is 9.23. The van der Waals surface area contributed by atoms with Gasteiger partial charge in [0.15, 0.2) is 0 Å². The van der Waals surface area contributed by atoms with Gasteiger partial charge in [-0.25, -0.2) is 4.98 Å². The van der Waals surface area contributed by atoms with Crippen LogP contribution in [0.15, 0.2) is 12.1 Å². The van der Waals surface area contributed by atoms with Gasteiger partial charge in [-0.05, 0) is 30.9 Å². The van der Waals surface area contributed by atoms with Crippen LogP contribution < -0.4 is 5.32 Å². The van der Waals surface area contributed by atoms with E-state index >= 15 is 0 Å². The molecular weight excluding hydrogens is 250 g/mol. The highest BCUT2D eigenvalue weighted by Crippen LogP contribution is 2.17. The second-order valence-corrected chi connectivity index (χ2v) is 6.53. The van der Waals surface area contributed by atoms with Crippen molar-refractivity contribution in [3.63, 3.8) is 0 Å². The number of hydrogen-bond acceptors (Lipinski definition) is 3. The molecule has 0 saturated carbocycles. The van der Waals surface area contributed by atoms with E-state index in [0.717, 1.165) is 31.0 Å². The van der Waals surface area contributed by atoms with Gasteiger partial charge in [0.1, 0.15) is 5.82 Å². The molecule has 4 nitrogen and oxygen atoms in total. The number of aryl methyl sites for hydroxylation is 1. The number of anilines is 1. The maximum absolute atomic E-state index is 12.5. The third-order valence-corrected chi connectivity index (χ3v) is 2.81. The highest BCUT2D eigenvalue weighted by atomic mass is 16.2. The molecule has 1 rings (SSSR count). The second-order valence-electron chi connectivity index (χ2n) is 6.53. The summed E-state index contributed by atoms with van der Waals surface area (Å²) < 4.78 is 0. The maximum Gasteiger partial charge on any atom is 0.253 e. The van der Waals surface area contributed by atoms with Crippen molar-refractivity contribution in [2.75, 3.05) is 25.5 Å². The molecule has 0 radical (unpaired) electrons. The molecule has 1 aromatic heterocycles. The van der Waals surface area contributed by atoms with Crippen LogP contribution in [0.2, 0.25) is 0 Å². The Morgan fingerprint density at radius 1 is 1.35 bits per heavy atom. The molecule has 1 N–H and O–H groups in total. The van der Waals surface area contributed by atoms with E-state index < -0.39 is 0 Å². The summed E-state index contributed by atoms with van der Waals surface area (Å²) in [6.45, 7) is 12.0. The highest BCUT2D eigenvalue weighted by Gasteiger charge is 2.19. The van der Waals surface area contributed by atoms with Crippen LogP contribution in [-0.2, 0) is 0 Å². The normalized spacial score (nSPS) is 11.3. The van der Waals surface area contributed by atoms with Gasteiger partial charge in [-0.3, -0.25) is 4.79 Å². The molecule has 1 aromatic rings. The van der Waals surface area contributed by atoms with Crippen molar-refractivity contribution in [2.45, 2.75) is 41.0 Å². The lowest BCUT2D eigenvalue weighted by Crippen LogP contribution is -2.34. The van der Waals surface area contributed by atoms with Crippen LogP contribution in [-0.4, -0.2) is 35.9 Å². The Labute approximate surface area is 122 Å². The predicted molar refractivity (Wildman–Crippen MR) is 84.2 cm³/mol. The van der Waals surface area contributed by atoms with E-state index in [1.165, 1.54) is 0 Å². The van der Waals surface area contributed by atoms with Crippen LogP contribution in [0.1, 0.15) is 50.2 Å². The van der Waals surface area contributed by atoms with Gasteiger partial charge in [0.2, 0.25) is 0 Å². The molecule has 0 spiro atoms. The molecule has 0 aliphatic rings. The first kappa shape index (κ1) is 16.5. The molecule has 112 valence electrons. The lowest BCUT2D eigenvalue weighted by atomic mass is 9.96. The van der Waals surface area contributed by atoms with Crippen LogP contribution in [0.3, 0.4) is 0 Å². The fourth-order valence-corrected chi connectivity index (χ4v) is 2.14. The third-order valence-electron chi connectivity index (χ3n) is 2.81. The van der Waals surface area contributed by atoms with Gasteiger partial charge in [0.05, 0.1) is 0 Å². The fourth-order valence-electron chi connectivity index (χ4n) is 2.14. The molecule has 1 heterocycles. The summed E-state index contributed by atoms with van der Waals surface area (Å²) in [4.78, 5) is 18.7. The quantitative estimate of drug-likeness (QED) is 0.898. The number of amides is 1. The van der Waals surface area contributed by atoms with Crippen LogP contribution in [0, 0.1) is 12.3 Å². The largest absolute Gasteiger partial charge is 0.370 e. The number of hydrogen-bond donors (Lipinski definition) is 1. The van der Waals surface area contributed by atoms with Gasteiger partial charge in [-0.2, -0.15) is 0 Å². The van der Waals surface area contributed by atoms with E-state index in [0.29, 0.717) is 5.56 Å². The number of rotatable bonds is 5. The SMILES string of the molecule is CCCNc1cc(C(=O)N(C)CC(C)(C)C)cc(C)n1. The van der Waals surface area contributed by atoms with Gasteiger partial charge in [-0.1, -0.05) is 27.7 Å². The molecule has 0 aliphatic heterocycles. The summed E-state index contributed by atoms with van der Waals surface area (Å²) in [6, 6.07) is 3.68. The van der Waals surface area contributed by atoms with Gasteiger partial charge >= 0.3 is 0 Å². The molecule has 20 heavy (non-hydrogen) atoms. The standard InChI is InChI=1S/C16H27N3O/c1-7-8-17-14-10-13(9-12(2)18-14)15(20)19(6)11-16(3,4)5/h9-10H,7-8,11H2,1-6H3,(H,17,18). The Kier molecular flexibility index (Phi) is 5.54. The number of carbonyl (C=O) groups excluding carboxylic acids is 1. The Bertz CT molecular complexity index is 463. The predicted octanol–water partition coefficient (Wildman–Crippen LogP) is 3.33. The van der Waals surface area contributed by atoms with Crippen molar-refractivity contribution in [1.29, 1.82) is 0 Å². The van der Waals surface area contributed by atoms with Crippen molar-refractivity contribution in [3.05, 3.63) is 23.4 Å². The van der Waals surface area contributed by atoms with E-state index in [1.807, 2.05) is 26.1 Å². The molecular formula is C16H27N3O. The van der Waals surface area contributed by atoms with Crippen LogP contribution in [0.5, 0.6) is 0 Å². The van der Waals surface area contributed by atoms with Crippen molar-refractivity contribution in [3.8, 4) is 0 Å². The van der Waals surface area contributed by atoms with Crippen LogP contribution in [0.4, 0.5) is 5.82 Å². The van der Waals surface area contributed by atoms with E-state index in [4.69, 9.17) is 0 Å². The Morgan fingerprint density at radius 3 is 2.55 bits per heavy atom. The smallest absolute Gasteiger partial charge is 0.253 e. The van der Waals surface area contributed by atoms with Crippen molar-refractivity contribution in [2.24, 2.45) is 5.41 Å². The van der Waals surface area contributed by atoms with Crippen LogP contribution >= 0.6 is 0 Å². The summed E-state index contributed by atoms with van der Waals surface area (Å²) in [5, 5.41) is 3.24. The van der Waals surface area contributed by atoms with Gasteiger partial charge in [-0.15, -0.1) is 0 Å². The first-order valence-corrected chi connectivity index (χ1v) is 7.21. The molecule has 4 heteroatoms. The van der Waals surface area contributed by atoms with Gasteiger partial charge in [0, 0.05) is 31.4 Å². The Balaban J connectivity index is 2.89. The van der Waals surface area contributed by atoms with E-state index in [1.54, 1.807) is 4.90 Å². The average Bonchev–Trinajstić information content (AvgIpc) is 2.32. The molecule has 1 amide bonds. The minimum Gasteiger partial charge on any atom is -0.370 e. The molecule has 0 aromatic carbocycles. The molecule has 0 saturated heterocycles. The zero-order valence-electron chi connectivity index (χ0n) is 13.6. The summed E-state index contributed by atoms with van der Waals surface area (Å²) in [5.41, 5.74) is 1.65. The monoisotopic (exact) mass is 277 g/mol. The second kappa shape index (κ2) is 6.73. The molecule has 0 fully saturated rings. The first-order valence-electron chi connectivity index (χ1n) is 7.21. The lowest BCUT2D eigenvalue weighted by molar-refractivity contribution is 0.0745. The zero-order valence-corrected chi connectivity index (χ0v) is 13.6. The number of aromatic nitrogens is 1. The number of pyridine rings is 1. The summed E-state index contributed by atoms with van der Waals surface area (Å²) in [5.74, 6) is 0.823. The van der Waals surface area contributed by atoms with Crippen molar-refractivity contribution < 1.29 is 4.79 Å². The topological polar surface area (TPSA) is 45.2 Å². The van der Waals surface area contributed by atoms with E-state index in [9.17, 15) is 4.79 Å². The Hall–Kier alpha value is -1.58. The number of carbonyl (C=O) groups is 1. The minimum atomic E-state index is 0.0463. The minimum absolute atomic E-state index is 0.0463. The lowest BCUT2D eigenvalue weighted by Gasteiger charge is -2.26. The molecule has 0 bridgehead atoms. The molecule has 0 aliphatic carbocycles. The Morgan fingerprint density at radius 2 is 2.00 bits per heavy atom. The number of nitrogens with zero attached hydrogens (tertiary/aromatic N) is 2. The summed E-state index contributed by atoms with van der Waals surface area (Å²) >= 11 is 0. The average molecular weight is 277 g/mol. The van der Waals surface area contributed by atoms with Crippen molar-refractivity contribution in [1.82, 2.24) is 9.88 Å². The summed E-state index contributed by atoms with van der Waals surface area (Å²) in [7, 11) is 1.85. The third kappa shape index (κ3) is 5.19. The van der Waals surface area contributed by atoms with E-state index in [2.05, 4.69) is 38.0 Å². The fraction of sp³-hybridized carbons (Fsp3) is 0.625. The number of nitrogens with one attached hydrogen (secondary N) is 1.